The van der Waals surface area contributed by atoms with Crippen molar-refractivity contribution in [1.82, 2.24) is 15.1 Å². The van der Waals surface area contributed by atoms with Crippen LogP contribution >= 0.6 is 0 Å². The second-order valence-corrected chi connectivity index (χ2v) is 6.27. The average molecular weight is 282 g/mol. The molecule has 5 heteroatoms. The third-order valence-corrected chi connectivity index (χ3v) is 3.95. The lowest BCUT2D eigenvalue weighted by atomic mass is 10.2. The molecule has 116 valence electrons. The molecule has 0 aromatic heterocycles. The molecule has 1 atom stereocenters. The highest BCUT2D eigenvalue weighted by atomic mass is 16.5. The van der Waals surface area contributed by atoms with Crippen LogP contribution in [0.2, 0.25) is 0 Å². The topological polar surface area (TPSA) is 40.1 Å². The predicted octanol–water partition coefficient (Wildman–Crippen LogP) is 1.01. The van der Waals surface area contributed by atoms with Crippen LogP contribution in [-0.2, 0) is 4.74 Å². The van der Waals surface area contributed by atoms with Crippen LogP contribution in [0.3, 0.4) is 0 Å². The fraction of sp³-hybridized carbons (Fsp3) is 0.933. The van der Waals surface area contributed by atoms with Gasteiger partial charge in [-0.1, -0.05) is 13.8 Å². The molecule has 0 bridgehead atoms. The van der Waals surface area contributed by atoms with Crippen LogP contribution in [0.1, 0.15) is 26.7 Å². The van der Waals surface area contributed by atoms with Crippen molar-refractivity contribution in [3.63, 3.8) is 0 Å². The molecule has 2 aliphatic heterocycles. The smallest absolute Gasteiger partial charge is 0.193 e. The summed E-state index contributed by atoms with van der Waals surface area (Å²) in [6.45, 7) is 11.8. The Hall–Kier alpha value is -0.810. The zero-order chi connectivity index (χ0) is 14.4. The van der Waals surface area contributed by atoms with Gasteiger partial charge in [0.25, 0.3) is 0 Å². The molecule has 0 unspecified atom stereocenters. The first kappa shape index (κ1) is 15.6. The lowest BCUT2D eigenvalue weighted by Gasteiger charge is -2.34. The summed E-state index contributed by atoms with van der Waals surface area (Å²) in [5.74, 6) is 1.76. The molecule has 1 N–H and O–H groups in total. The zero-order valence-electron chi connectivity index (χ0n) is 13.3. The minimum absolute atomic E-state index is 0.279. The minimum Gasteiger partial charge on any atom is -0.374 e. The maximum atomic E-state index is 5.87. The van der Waals surface area contributed by atoms with Gasteiger partial charge in [-0.25, -0.2) is 0 Å². The van der Waals surface area contributed by atoms with E-state index in [2.05, 4.69) is 34.0 Å². The number of ether oxygens (including phenoxy) is 1. The molecule has 0 aliphatic carbocycles. The van der Waals surface area contributed by atoms with Gasteiger partial charge in [-0.15, -0.1) is 0 Å². The number of guanidine groups is 1. The molecular weight excluding hydrogens is 252 g/mol. The van der Waals surface area contributed by atoms with Crippen LogP contribution in [0.25, 0.3) is 0 Å². The van der Waals surface area contributed by atoms with Crippen LogP contribution < -0.4 is 5.32 Å². The Bertz CT molecular complexity index is 313. The van der Waals surface area contributed by atoms with Gasteiger partial charge in [0, 0.05) is 46.3 Å². The summed E-state index contributed by atoms with van der Waals surface area (Å²) in [6, 6.07) is 0. The van der Waals surface area contributed by atoms with E-state index < -0.39 is 0 Å². The van der Waals surface area contributed by atoms with E-state index in [1.165, 1.54) is 19.4 Å². The van der Waals surface area contributed by atoms with E-state index in [0.717, 1.165) is 51.2 Å². The molecule has 2 rings (SSSR count). The summed E-state index contributed by atoms with van der Waals surface area (Å²) in [5, 5.41) is 3.48. The number of morpholine rings is 1. The summed E-state index contributed by atoms with van der Waals surface area (Å²) >= 11 is 0. The summed E-state index contributed by atoms with van der Waals surface area (Å²) in [5.41, 5.74) is 0. The minimum atomic E-state index is 0.279. The van der Waals surface area contributed by atoms with Crippen molar-refractivity contribution in [3.05, 3.63) is 0 Å². The Kier molecular flexibility index (Phi) is 6.10. The summed E-state index contributed by atoms with van der Waals surface area (Å²) in [6.07, 6.45) is 2.84. The van der Waals surface area contributed by atoms with Gasteiger partial charge in [-0.05, 0) is 18.8 Å². The molecular formula is C15H30N4O. The highest BCUT2D eigenvalue weighted by molar-refractivity contribution is 5.80. The Morgan fingerprint density at radius 1 is 1.30 bits per heavy atom. The Morgan fingerprint density at radius 2 is 2.05 bits per heavy atom. The monoisotopic (exact) mass is 282 g/mol. The van der Waals surface area contributed by atoms with Crippen molar-refractivity contribution in [1.29, 1.82) is 0 Å². The second-order valence-electron chi connectivity index (χ2n) is 6.27. The fourth-order valence-electron chi connectivity index (χ4n) is 3.05. The van der Waals surface area contributed by atoms with Crippen molar-refractivity contribution in [2.75, 3.05) is 52.9 Å². The summed E-state index contributed by atoms with van der Waals surface area (Å²) in [4.78, 5) is 9.24. The molecule has 2 aliphatic rings. The van der Waals surface area contributed by atoms with E-state index in [9.17, 15) is 0 Å². The maximum Gasteiger partial charge on any atom is 0.193 e. The third-order valence-electron chi connectivity index (χ3n) is 3.95. The number of nitrogens with zero attached hydrogens (tertiary/aromatic N) is 3. The number of likely N-dealkylation sites (tertiary alicyclic amines) is 1. The van der Waals surface area contributed by atoms with E-state index in [4.69, 9.17) is 4.74 Å². The first-order valence-electron chi connectivity index (χ1n) is 7.98. The quantitative estimate of drug-likeness (QED) is 0.617. The molecule has 0 aromatic carbocycles. The molecule has 0 radical (unpaired) electrons. The van der Waals surface area contributed by atoms with Gasteiger partial charge in [0.15, 0.2) is 5.96 Å². The molecule has 0 aromatic rings. The SMILES string of the molecule is CN=C(NC[C@@H]1CN(CC(C)C)CCO1)N1CCCC1. The highest BCUT2D eigenvalue weighted by Crippen LogP contribution is 2.09. The van der Waals surface area contributed by atoms with Crippen LogP contribution in [0.4, 0.5) is 0 Å². The van der Waals surface area contributed by atoms with Crippen molar-refractivity contribution in [2.24, 2.45) is 10.9 Å². The fourth-order valence-corrected chi connectivity index (χ4v) is 3.05. The van der Waals surface area contributed by atoms with E-state index in [1.54, 1.807) is 0 Å². The number of hydrogen-bond donors (Lipinski definition) is 1. The van der Waals surface area contributed by atoms with Gasteiger partial charge in [0.1, 0.15) is 0 Å². The highest BCUT2D eigenvalue weighted by Gasteiger charge is 2.22. The lowest BCUT2D eigenvalue weighted by Crippen LogP contribution is -2.50. The Balaban J connectivity index is 1.74. The summed E-state index contributed by atoms with van der Waals surface area (Å²) in [7, 11) is 1.87. The standard InChI is InChI=1S/C15H30N4O/c1-13(2)11-18-8-9-20-14(12-18)10-17-15(16-3)19-6-4-5-7-19/h13-14H,4-12H2,1-3H3,(H,16,17)/t14-/m1/s1. The van der Waals surface area contributed by atoms with Gasteiger partial charge in [0.2, 0.25) is 0 Å². The van der Waals surface area contributed by atoms with Crippen LogP contribution in [0.15, 0.2) is 4.99 Å². The van der Waals surface area contributed by atoms with Crippen molar-refractivity contribution in [3.8, 4) is 0 Å². The van der Waals surface area contributed by atoms with Crippen molar-refractivity contribution < 1.29 is 4.74 Å². The molecule has 2 fully saturated rings. The number of nitrogens with one attached hydrogen (secondary N) is 1. The molecule has 5 nitrogen and oxygen atoms in total. The van der Waals surface area contributed by atoms with Crippen LogP contribution in [0, 0.1) is 5.92 Å². The molecule has 0 spiro atoms. The maximum absolute atomic E-state index is 5.87. The van der Waals surface area contributed by atoms with E-state index in [1.807, 2.05) is 7.05 Å². The molecule has 0 saturated carbocycles. The van der Waals surface area contributed by atoms with E-state index in [0.29, 0.717) is 0 Å². The summed E-state index contributed by atoms with van der Waals surface area (Å²) < 4.78 is 5.87. The predicted molar refractivity (Wildman–Crippen MR) is 83.2 cm³/mol. The second kappa shape index (κ2) is 7.84. The van der Waals surface area contributed by atoms with Gasteiger partial charge in [0.05, 0.1) is 12.7 Å². The zero-order valence-corrected chi connectivity index (χ0v) is 13.3. The van der Waals surface area contributed by atoms with Crippen LogP contribution in [-0.4, -0.2) is 74.8 Å². The largest absolute Gasteiger partial charge is 0.374 e. The Morgan fingerprint density at radius 3 is 2.70 bits per heavy atom. The van der Waals surface area contributed by atoms with Gasteiger partial charge >= 0.3 is 0 Å². The van der Waals surface area contributed by atoms with Crippen LogP contribution in [0.5, 0.6) is 0 Å². The van der Waals surface area contributed by atoms with Gasteiger partial charge < -0.3 is 15.0 Å². The van der Waals surface area contributed by atoms with E-state index >= 15 is 0 Å². The molecule has 20 heavy (non-hydrogen) atoms. The lowest BCUT2D eigenvalue weighted by molar-refractivity contribution is -0.0286. The first-order chi connectivity index (χ1) is 9.69. The van der Waals surface area contributed by atoms with Crippen molar-refractivity contribution >= 4 is 5.96 Å². The number of hydrogen-bond acceptors (Lipinski definition) is 3. The van der Waals surface area contributed by atoms with E-state index in [-0.39, 0.29) is 6.10 Å². The normalized spacial score (nSPS) is 25.5. The van der Waals surface area contributed by atoms with Crippen molar-refractivity contribution in [2.45, 2.75) is 32.8 Å². The first-order valence-corrected chi connectivity index (χ1v) is 7.98. The molecule has 0 amide bonds. The average Bonchev–Trinajstić information content (AvgIpc) is 2.93. The van der Waals surface area contributed by atoms with Gasteiger partial charge in [-0.2, -0.15) is 0 Å². The molecule has 2 heterocycles. The number of aliphatic imine (C=N–C) groups is 1. The molecule has 2 saturated heterocycles. The van der Waals surface area contributed by atoms with Gasteiger partial charge in [-0.3, -0.25) is 9.89 Å². The Labute approximate surface area is 123 Å². The number of rotatable bonds is 4. The third kappa shape index (κ3) is 4.63.